The van der Waals surface area contributed by atoms with Crippen molar-refractivity contribution < 1.29 is 10.3 Å². The van der Waals surface area contributed by atoms with Crippen LogP contribution in [0.25, 0.3) is 0 Å². The molecule has 4 heteroatoms. The molecule has 1 fully saturated rings. The number of carbonyl (C=O) groups excluding carboxylic acids is 1. The number of likely N-dealkylation sites (tertiary alicyclic amines) is 1. The van der Waals surface area contributed by atoms with Gasteiger partial charge in [-0.2, -0.15) is 0 Å². The van der Waals surface area contributed by atoms with E-state index in [2.05, 4.69) is 11.0 Å². The Balaban J connectivity index is 1.30. The summed E-state index contributed by atoms with van der Waals surface area (Å²) in [6.07, 6.45) is 2.10. The van der Waals surface area contributed by atoms with Gasteiger partial charge in [-0.3, -0.25) is 4.79 Å². The predicted molar refractivity (Wildman–Crippen MR) is 119 cm³/mol. The summed E-state index contributed by atoms with van der Waals surface area (Å²) < 4.78 is 34.5. The van der Waals surface area contributed by atoms with E-state index in [1.165, 1.54) is 4.90 Å². The Bertz CT molecular complexity index is 1070. The van der Waals surface area contributed by atoms with Crippen LogP contribution in [0.4, 0.5) is 11.4 Å². The van der Waals surface area contributed by atoms with Crippen molar-refractivity contribution in [2.45, 2.75) is 38.1 Å². The van der Waals surface area contributed by atoms with Crippen molar-refractivity contribution >= 4 is 17.2 Å². The van der Waals surface area contributed by atoms with Crippen LogP contribution in [0.2, 0.25) is 0 Å². The Kier molecular flexibility index (Phi) is 3.78. The normalized spacial score (nSPS) is 28.6. The molecule has 0 radical (unpaired) electrons. The van der Waals surface area contributed by atoms with Gasteiger partial charge in [0.05, 0.1) is 16.9 Å². The molecule has 0 aromatic heterocycles. The van der Waals surface area contributed by atoms with Crippen LogP contribution >= 0.6 is 0 Å². The fraction of sp³-hybridized carbons (Fsp3) is 0.480. The van der Waals surface area contributed by atoms with E-state index in [-0.39, 0.29) is 17.7 Å². The molecule has 1 saturated heterocycles. The van der Waals surface area contributed by atoms with Crippen molar-refractivity contribution in [2.24, 2.45) is 0 Å². The quantitative estimate of drug-likeness (QED) is 0.715. The topological polar surface area (TPSA) is 26.8 Å². The maximum Gasteiger partial charge on any atom is 0.162 e. The molecule has 3 aliphatic heterocycles. The lowest BCUT2D eigenvalue weighted by molar-refractivity contribution is 0.0971. The van der Waals surface area contributed by atoms with E-state index in [1.807, 2.05) is 43.3 Å². The third-order valence-corrected chi connectivity index (χ3v) is 6.63. The van der Waals surface area contributed by atoms with E-state index in [0.29, 0.717) is 6.42 Å². The molecular weight excluding hydrogens is 358 g/mol. The number of fused-ring (bicyclic) bond motifs is 3. The molecule has 3 aliphatic rings. The molecule has 0 N–H and O–H groups in total. The monoisotopic (exact) mass is 393 g/mol. The van der Waals surface area contributed by atoms with Crippen LogP contribution in [0.15, 0.2) is 42.5 Å². The van der Waals surface area contributed by atoms with E-state index < -0.39 is 13.0 Å². The zero-order valence-corrected chi connectivity index (χ0v) is 17.2. The number of aryl methyl sites for hydroxylation is 1. The lowest BCUT2D eigenvalue weighted by atomic mass is 9.89. The van der Waals surface area contributed by atoms with Crippen LogP contribution in [-0.2, 0) is 0 Å². The van der Waals surface area contributed by atoms with Crippen molar-refractivity contribution in [2.75, 3.05) is 49.5 Å². The van der Waals surface area contributed by atoms with Crippen molar-refractivity contribution in [3.05, 3.63) is 59.2 Å². The van der Waals surface area contributed by atoms with Crippen molar-refractivity contribution in [1.82, 2.24) is 4.90 Å². The molecule has 2 atom stereocenters. The highest BCUT2D eigenvalue weighted by molar-refractivity contribution is 5.96. The predicted octanol–water partition coefficient (Wildman–Crippen LogP) is 4.09. The lowest BCUT2D eigenvalue weighted by Crippen LogP contribution is -2.49. The summed E-state index contributed by atoms with van der Waals surface area (Å²) in [4.78, 5) is 18.1. The number of rotatable bonds is 5. The first kappa shape index (κ1) is 14.6. The van der Waals surface area contributed by atoms with E-state index >= 15 is 0 Å². The van der Waals surface area contributed by atoms with Gasteiger partial charge >= 0.3 is 0 Å². The first-order chi connectivity index (χ1) is 15.6. The average Bonchev–Trinajstić information content (AvgIpc) is 3.12. The molecule has 0 unspecified atom stereocenters. The van der Waals surface area contributed by atoms with Crippen LogP contribution in [0.3, 0.4) is 0 Å². The lowest BCUT2D eigenvalue weighted by Gasteiger charge is -2.41. The van der Waals surface area contributed by atoms with E-state index in [1.54, 1.807) is 11.9 Å². The van der Waals surface area contributed by atoms with Crippen LogP contribution in [0, 0.1) is 6.92 Å². The number of carbonyl (C=O) groups is 1. The number of anilines is 2. The smallest absolute Gasteiger partial charge is 0.162 e. The molecule has 2 aromatic carbocycles. The van der Waals surface area contributed by atoms with Gasteiger partial charge in [0.15, 0.2) is 5.78 Å². The first-order valence-electron chi connectivity index (χ1n) is 12.6. The second kappa shape index (κ2) is 7.49. The molecule has 0 saturated carbocycles. The molecule has 29 heavy (non-hydrogen) atoms. The van der Waals surface area contributed by atoms with Crippen molar-refractivity contribution in [1.29, 1.82) is 0 Å². The van der Waals surface area contributed by atoms with Gasteiger partial charge in [0.1, 0.15) is 0 Å². The van der Waals surface area contributed by atoms with Gasteiger partial charge in [-0.05, 0) is 37.9 Å². The molecule has 3 heterocycles. The number of hydrogen-bond acceptors (Lipinski definition) is 4. The largest absolute Gasteiger partial charge is 0.371 e. The SMILES string of the molecule is [2H]C1([2H])N(C)c2cccc3c2N([C@H]2CCN(CCCC(=O)c4ccc(C)cc4)C[C@@H]32)C1([2H])[2H]. The second-order valence-corrected chi connectivity index (χ2v) is 8.52. The third-order valence-electron chi connectivity index (χ3n) is 6.63. The minimum atomic E-state index is -2.12. The number of Topliss-reactive ketones (excluding diaryl/α,β-unsaturated/α-hetero) is 1. The van der Waals surface area contributed by atoms with Gasteiger partial charge in [-0.15, -0.1) is 0 Å². The minimum absolute atomic E-state index is 0.0506. The molecular formula is C25H31N3O. The summed E-state index contributed by atoms with van der Waals surface area (Å²) in [6, 6.07) is 13.6. The highest BCUT2D eigenvalue weighted by atomic mass is 16.1. The summed E-state index contributed by atoms with van der Waals surface area (Å²) in [5, 5.41) is 0. The van der Waals surface area contributed by atoms with Crippen LogP contribution in [-0.4, -0.2) is 56.4 Å². The third kappa shape index (κ3) is 3.33. The van der Waals surface area contributed by atoms with Crippen LogP contribution in [0.1, 0.15) is 52.1 Å². The molecule has 5 rings (SSSR count). The zero-order valence-electron chi connectivity index (χ0n) is 21.2. The number of ketones is 1. The van der Waals surface area contributed by atoms with Gasteiger partial charge in [0, 0.05) is 57.1 Å². The minimum Gasteiger partial charge on any atom is -0.371 e. The fourth-order valence-corrected chi connectivity index (χ4v) is 5.05. The number of likely N-dealkylation sites (N-methyl/N-ethyl adjacent to an activating group) is 1. The highest BCUT2D eigenvalue weighted by Crippen LogP contribution is 2.50. The van der Waals surface area contributed by atoms with Gasteiger partial charge in [0.2, 0.25) is 0 Å². The van der Waals surface area contributed by atoms with E-state index in [9.17, 15) is 4.79 Å². The number of nitrogens with zero attached hydrogens (tertiary/aromatic N) is 3. The van der Waals surface area contributed by atoms with Crippen LogP contribution in [0.5, 0.6) is 0 Å². The summed E-state index contributed by atoms with van der Waals surface area (Å²) in [5.41, 5.74) is 4.65. The summed E-state index contributed by atoms with van der Waals surface area (Å²) >= 11 is 0. The van der Waals surface area contributed by atoms with Gasteiger partial charge in [-0.25, -0.2) is 0 Å². The average molecular weight is 394 g/mol. The molecule has 0 spiro atoms. The standard InChI is InChI=1S/C25H31N3O/c1-18-8-10-19(11-9-18)24(29)7-4-13-27-14-12-22-21(17-27)20-5-3-6-23-25(20)28(22)16-15-26(23)2/h3,5-6,8-11,21-22H,4,7,12-17H2,1-2H3/t21-,22-/m0/s1/i15D2,16D2. The van der Waals surface area contributed by atoms with Crippen molar-refractivity contribution in [3.8, 4) is 0 Å². The molecule has 0 bridgehead atoms. The number of hydrogen-bond donors (Lipinski definition) is 0. The summed E-state index contributed by atoms with van der Waals surface area (Å²) in [6.45, 7) is 0.243. The van der Waals surface area contributed by atoms with Gasteiger partial charge < -0.3 is 14.7 Å². The summed E-state index contributed by atoms with van der Waals surface area (Å²) in [7, 11) is 1.64. The molecule has 4 nitrogen and oxygen atoms in total. The summed E-state index contributed by atoms with van der Waals surface area (Å²) in [5.74, 6) is 0.315. The van der Waals surface area contributed by atoms with E-state index in [0.717, 1.165) is 60.5 Å². The zero-order chi connectivity index (χ0) is 23.5. The highest BCUT2D eigenvalue weighted by Gasteiger charge is 2.44. The van der Waals surface area contributed by atoms with Crippen molar-refractivity contribution in [3.63, 3.8) is 0 Å². The first-order valence-corrected chi connectivity index (χ1v) is 10.6. The Labute approximate surface area is 179 Å². The molecule has 0 aliphatic carbocycles. The van der Waals surface area contributed by atoms with Crippen LogP contribution < -0.4 is 9.80 Å². The van der Waals surface area contributed by atoms with E-state index in [4.69, 9.17) is 5.48 Å². The number of para-hydroxylation sites is 1. The molecule has 152 valence electrons. The fourth-order valence-electron chi connectivity index (χ4n) is 5.05. The second-order valence-electron chi connectivity index (χ2n) is 8.52. The number of benzene rings is 2. The van der Waals surface area contributed by atoms with Gasteiger partial charge in [-0.1, -0.05) is 42.0 Å². The maximum atomic E-state index is 12.5. The van der Waals surface area contributed by atoms with Gasteiger partial charge in [0.25, 0.3) is 0 Å². The maximum absolute atomic E-state index is 12.5. The Hall–Kier alpha value is -2.33. The molecule has 2 aromatic rings. The number of piperidine rings is 1. The molecule has 0 amide bonds. The Morgan fingerprint density at radius 1 is 1.17 bits per heavy atom. The Morgan fingerprint density at radius 3 is 2.83 bits per heavy atom. The Morgan fingerprint density at radius 2 is 2.00 bits per heavy atom.